The summed E-state index contributed by atoms with van der Waals surface area (Å²) < 4.78 is 35.3. The first kappa shape index (κ1) is 10.3. The van der Waals surface area contributed by atoms with Gasteiger partial charge in [0.05, 0.1) is 12.1 Å². The molecule has 0 bridgehead atoms. The first-order chi connectivity index (χ1) is 5.90. The quantitative estimate of drug-likeness (QED) is 0.680. The van der Waals surface area contributed by atoms with Gasteiger partial charge in [-0.2, -0.15) is 13.2 Å². The summed E-state index contributed by atoms with van der Waals surface area (Å²) in [5.74, 6) is -1.97. The van der Waals surface area contributed by atoms with Crippen LogP contribution in [0.4, 0.5) is 13.2 Å². The Morgan fingerprint density at radius 1 is 1.46 bits per heavy atom. The van der Waals surface area contributed by atoms with Gasteiger partial charge in [0.1, 0.15) is 0 Å². The molecule has 0 aromatic heterocycles. The van der Waals surface area contributed by atoms with Crippen molar-refractivity contribution in [2.75, 3.05) is 6.61 Å². The van der Waals surface area contributed by atoms with E-state index in [4.69, 9.17) is 5.11 Å². The Morgan fingerprint density at radius 2 is 2.00 bits per heavy atom. The number of aliphatic hydroxyl groups is 1. The van der Waals surface area contributed by atoms with Crippen LogP contribution in [0.15, 0.2) is 0 Å². The lowest BCUT2D eigenvalue weighted by Crippen LogP contribution is -2.59. The van der Waals surface area contributed by atoms with Gasteiger partial charge in [-0.25, -0.2) is 0 Å². The molecule has 1 amide bonds. The second-order valence-electron chi connectivity index (χ2n) is 3.24. The van der Waals surface area contributed by atoms with Crippen LogP contribution in [0.1, 0.15) is 19.3 Å². The van der Waals surface area contributed by atoms with Gasteiger partial charge < -0.3 is 10.4 Å². The largest absolute Gasteiger partial charge is 0.471 e. The van der Waals surface area contributed by atoms with Crippen molar-refractivity contribution in [1.82, 2.24) is 5.32 Å². The summed E-state index contributed by atoms with van der Waals surface area (Å²) >= 11 is 0. The Hall–Kier alpha value is -0.780. The van der Waals surface area contributed by atoms with Crippen molar-refractivity contribution in [1.29, 1.82) is 0 Å². The maximum atomic E-state index is 11.8. The molecule has 1 aliphatic rings. The standard InChI is InChI=1S/C7H10F3NO2/c8-7(9,10)5(13)11-6(4-12)2-1-3-6/h12H,1-4H2,(H,11,13). The normalized spacial score (nSPS) is 20.6. The predicted octanol–water partition coefficient (Wildman–Crippen LogP) is 0.580. The molecule has 0 aromatic rings. The molecule has 0 spiro atoms. The fourth-order valence-corrected chi connectivity index (χ4v) is 1.24. The minimum atomic E-state index is -4.86. The number of carbonyl (C=O) groups excluding carboxylic acids is 1. The van der Waals surface area contributed by atoms with E-state index in [1.807, 2.05) is 0 Å². The van der Waals surface area contributed by atoms with Gasteiger partial charge in [0, 0.05) is 0 Å². The molecule has 0 aromatic carbocycles. The van der Waals surface area contributed by atoms with Crippen LogP contribution >= 0.6 is 0 Å². The molecule has 1 saturated carbocycles. The van der Waals surface area contributed by atoms with Crippen LogP contribution in [0, 0.1) is 0 Å². The predicted molar refractivity (Wildman–Crippen MR) is 37.9 cm³/mol. The molecule has 0 heterocycles. The minimum absolute atomic E-state index is 0.408. The van der Waals surface area contributed by atoms with E-state index in [9.17, 15) is 18.0 Å². The molecular formula is C7H10F3NO2. The van der Waals surface area contributed by atoms with Crippen LogP contribution in [0.25, 0.3) is 0 Å². The van der Waals surface area contributed by atoms with Crippen LogP contribution in [-0.2, 0) is 4.79 Å². The van der Waals surface area contributed by atoms with Crippen molar-refractivity contribution >= 4 is 5.91 Å². The molecule has 1 fully saturated rings. The van der Waals surface area contributed by atoms with Crippen molar-refractivity contribution in [2.45, 2.75) is 31.0 Å². The Morgan fingerprint density at radius 3 is 2.23 bits per heavy atom. The molecule has 0 saturated heterocycles. The van der Waals surface area contributed by atoms with E-state index in [-0.39, 0.29) is 0 Å². The van der Waals surface area contributed by atoms with Crippen molar-refractivity contribution in [3.05, 3.63) is 0 Å². The van der Waals surface area contributed by atoms with E-state index < -0.39 is 24.2 Å². The number of hydrogen-bond donors (Lipinski definition) is 2. The summed E-state index contributed by atoms with van der Waals surface area (Å²) in [4.78, 5) is 10.5. The van der Waals surface area contributed by atoms with Crippen molar-refractivity contribution in [3.63, 3.8) is 0 Å². The van der Waals surface area contributed by atoms with Crippen LogP contribution < -0.4 is 5.32 Å². The number of carbonyl (C=O) groups is 1. The SMILES string of the molecule is O=C(NC1(CO)CCC1)C(F)(F)F. The fourth-order valence-electron chi connectivity index (χ4n) is 1.24. The maximum absolute atomic E-state index is 11.8. The fraction of sp³-hybridized carbons (Fsp3) is 0.857. The summed E-state index contributed by atoms with van der Waals surface area (Å²) in [6.45, 7) is -0.436. The van der Waals surface area contributed by atoms with Crippen LogP contribution in [0.3, 0.4) is 0 Å². The van der Waals surface area contributed by atoms with Gasteiger partial charge in [0.25, 0.3) is 0 Å². The molecule has 1 rings (SSSR count). The number of nitrogens with one attached hydrogen (secondary N) is 1. The number of alkyl halides is 3. The number of rotatable bonds is 2. The number of amides is 1. The summed E-state index contributed by atoms with van der Waals surface area (Å²) in [6.07, 6.45) is -3.31. The zero-order chi connectivity index (χ0) is 10.1. The van der Waals surface area contributed by atoms with Gasteiger partial charge in [-0.05, 0) is 19.3 Å². The molecule has 0 unspecified atom stereocenters. The zero-order valence-corrected chi connectivity index (χ0v) is 6.82. The van der Waals surface area contributed by atoms with Gasteiger partial charge >= 0.3 is 12.1 Å². The van der Waals surface area contributed by atoms with Crippen LogP contribution in [0.5, 0.6) is 0 Å². The van der Waals surface area contributed by atoms with Gasteiger partial charge in [-0.3, -0.25) is 4.79 Å². The molecule has 0 atom stereocenters. The monoisotopic (exact) mass is 197 g/mol. The number of aliphatic hydroxyl groups excluding tert-OH is 1. The Bertz CT molecular complexity index is 205. The number of hydrogen-bond acceptors (Lipinski definition) is 2. The van der Waals surface area contributed by atoms with Crippen LogP contribution in [0.2, 0.25) is 0 Å². The number of halogens is 3. The average molecular weight is 197 g/mol. The Labute approximate surface area is 72.9 Å². The molecule has 3 nitrogen and oxygen atoms in total. The molecule has 0 radical (unpaired) electrons. The molecule has 1 aliphatic carbocycles. The summed E-state index contributed by atoms with van der Waals surface area (Å²) in [5, 5.41) is 10.6. The minimum Gasteiger partial charge on any atom is -0.394 e. The molecule has 2 N–H and O–H groups in total. The Kier molecular flexibility index (Phi) is 2.51. The first-order valence-electron chi connectivity index (χ1n) is 3.90. The highest BCUT2D eigenvalue weighted by molar-refractivity contribution is 5.82. The third-order valence-corrected chi connectivity index (χ3v) is 2.25. The third kappa shape index (κ3) is 2.12. The van der Waals surface area contributed by atoms with Crippen LogP contribution in [-0.4, -0.2) is 29.3 Å². The smallest absolute Gasteiger partial charge is 0.394 e. The highest BCUT2D eigenvalue weighted by atomic mass is 19.4. The van der Waals surface area contributed by atoms with E-state index in [1.54, 1.807) is 5.32 Å². The lowest BCUT2D eigenvalue weighted by atomic mass is 9.77. The van der Waals surface area contributed by atoms with Crippen molar-refractivity contribution in [3.8, 4) is 0 Å². The van der Waals surface area contributed by atoms with E-state index in [0.717, 1.165) is 6.42 Å². The highest BCUT2D eigenvalue weighted by Gasteiger charge is 2.46. The third-order valence-electron chi connectivity index (χ3n) is 2.25. The van der Waals surface area contributed by atoms with Gasteiger partial charge in [-0.1, -0.05) is 0 Å². The molecular weight excluding hydrogens is 187 g/mol. The maximum Gasteiger partial charge on any atom is 0.471 e. The zero-order valence-electron chi connectivity index (χ0n) is 6.82. The highest BCUT2D eigenvalue weighted by Crippen LogP contribution is 2.32. The van der Waals surface area contributed by atoms with E-state index >= 15 is 0 Å². The topological polar surface area (TPSA) is 49.3 Å². The van der Waals surface area contributed by atoms with Crippen molar-refractivity contribution < 1.29 is 23.1 Å². The lowest BCUT2D eigenvalue weighted by molar-refractivity contribution is -0.177. The molecule has 0 aliphatic heterocycles. The summed E-state index contributed by atoms with van der Waals surface area (Å²) in [7, 11) is 0. The van der Waals surface area contributed by atoms with Gasteiger partial charge in [0.15, 0.2) is 0 Å². The molecule has 6 heteroatoms. The second kappa shape index (κ2) is 3.17. The summed E-state index contributed by atoms with van der Waals surface area (Å²) in [6, 6.07) is 0. The van der Waals surface area contributed by atoms with E-state index in [1.165, 1.54) is 0 Å². The Balaban J connectivity index is 2.52. The average Bonchev–Trinajstić information content (AvgIpc) is 1.94. The van der Waals surface area contributed by atoms with E-state index in [2.05, 4.69) is 0 Å². The molecule has 76 valence electrons. The first-order valence-corrected chi connectivity index (χ1v) is 3.90. The lowest BCUT2D eigenvalue weighted by Gasteiger charge is -2.40. The van der Waals surface area contributed by atoms with Gasteiger partial charge in [0.2, 0.25) is 0 Å². The second-order valence-corrected chi connectivity index (χ2v) is 3.24. The summed E-state index contributed by atoms with van der Waals surface area (Å²) in [5.41, 5.74) is -1.02. The van der Waals surface area contributed by atoms with Gasteiger partial charge in [-0.15, -0.1) is 0 Å². The van der Waals surface area contributed by atoms with E-state index in [0.29, 0.717) is 12.8 Å². The molecule has 13 heavy (non-hydrogen) atoms. The van der Waals surface area contributed by atoms with Crippen molar-refractivity contribution in [2.24, 2.45) is 0 Å².